The van der Waals surface area contributed by atoms with Crippen LogP contribution in [0.25, 0.3) is 0 Å². The first-order chi connectivity index (χ1) is 11.4. The molecule has 6 heteroatoms. The minimum atomic E-state index is -3.46. The summed E-state index contributed by atoms with van der Waals surface area (Å²) in [5.74, 6) is 0.948. The number of rotatable bonds is 2. The molecule has 0 spiro atoms. The number of benzene rings is 1. The third-order valence-electron chi connectivity index (χ3n) is 5.50. The highest BCUT2D eigenvalue weighted by Crippen LogP contribution is 2.39. The molecule has 0 saturated carbocycles. The summed E-state index contributed by atoms with van der Waals surface area (Å²) in [6, 6.07) is 3.61. The van der Waals surface area contributed by atoms with E-state index in [0.29, 0.717) is 49.2 Å². The van der Waals surface area contributed by atoms with E-state index in [9.17, 15) is 13.2 Å². The zero-order valence-corrected chi connectivity index (χ0v) is 15.1. The van der Waals surface area contributed by atoms with Gasteiger partial charge >= 0.3 is 0 Å². The van der Waals surface area contributed by atoms with Gasteiger partial charge in [-0.3, -0.25) is 4.79 Å². The zero-order valence-electron chi connectivity index (χ0n) is 14.3. The number of hydrogen-bond donors (Lipinski definition) is 0. The molecule has 0 radical (unpaired) electrons. The van der Waals surface area contributed by atoms with Crippen LogP contribution < -0.4 is 4.90 Å². The van der Waals surface area contributed by atoms with Gasteiger partial charge in [-0.2, -0.15) is 4.31 Å². The van der Waals surface area contributed by atoms with Crippen LogP contribution in [-0.4, -0.2) is 38.3 Å². The molecule has 130 valence electrons. The van der Waals surface area contributed by atoms with Crippen LogP contribution in [0.5, 0.6) is 0 Å². The van der Waals surface area contributed by atoms with Crippen LogP contribution in [0, 0.1) is 11.8 Å². The van der Waals surface area contributed by atoms with Crippen molar-refractivity contribution in [2.24, 2.45) is 11.8 Å². The van der Waals surface area contributed by atoms with Gasteiger partial charge in [0.15, 0.2) is 0 Å². The second kappa shape index (κ2) is 5.56. The lowest BCUT2D eigenvalue weighted by Crippen LogP contribution is -2.42. The van der Waals surface area contributed by atoms with E-state index in [0.717, 1.165) is 29.7 Å². The van der Waals surface area contributed by atoms with Crippen molar-refractivity contribution in [1.29, 1.82) is 0 Å². The van der Waals surface area contributed by atoms with Crippen LogP contribution in [0.3, 0.4) is 0 Å². The molecular weight excluding hydrogens is 324 g/mol. The average Bonchev–Trinajstić information content (AvgIpc) is 2.95. The van der Waals surface area contributed by atoms with Gasteiger partial charge in [0.05, 0.1) is 10.6 Å². The fraction of sp³-hybridized carbons (Fsp3) is 0.611. The first-order valence-electron chi connectivity index (χ1n) is 8.82. The lowest BCUT2D eigenvalue weighted by Gasteiger charge is -2.34. The van der Waals surface area contributed by atoms with E-state index in [1.54, 1.807) is 10.4 Å². The van der Waals surface area contributed by atoms with E-state index in [-0.39, 0.29) is 5.91 Å². The molecule has 5 nitrogen and oxygen atoms in total. The molecule has 3 aliphatic rings. The van der Waals surface area contributed by atoms with Gasteiger partial charge in [-0.15, -0.1) is 0 Å². The third kappa shape index (κ3) is 2.47. The second-order valence-corrected chi connectivity index (χ2v) is 9.59. The Morgan fingerprint density at radius 1 is 1.00 bits per heavy atom. The maximum Gasteiger partial charge on any atom is 0.243 e. The molecule has 0 aromatic heterocycles. The summed E-state index contributed by atoms with van der Waals surface area (Å²) < 4.78 is 28.0. The highest BCUT2D eigenvalue weighted by molar-refractivity contribution is 7.89. The fourth-order valence-electron chi connectivity index (χ4n) is 4.53. The Bertz CT molecular complexity index is 793. The van der Waals surface area contributed by atoms with Crippen LogP contribution in [0.2, 0.25) is 0 Å². The fourth-order valence-corrected chi connectivity index (χ4v) is 6.31. The Balaban J connectivity index is 1.74. The van der Waals surface area contributed by atoms with Crippen molar-refractivity contribution in [2.75, 3.05) is 24.5 Å². The highest BCUT2D eigenvalue weighted by atomic mass is 32.2. The van der Waals surface area contributed by atoms with Crippen LogP contribution in [0.4, 0.5) is 5.69 Å². The van der Waals surface area contributed by atoms with E-state index in [2.05, 4.69) is 13.8 Å². The van der Waals surface area contributed by atoms with Gasteiger partial charge in [0, 0.05) is 26.1 Å². The molecule has 1 amide bonds. The lowest BCUT2D eigenvalue weighted by molar-refractivity contribution is -0.118. The summed E-state index contributed by atoms with van der Waals surface area (Å²) in [5, 5.41) is 0. The summed E-state index contributed by atoms with van der Waals surface area (Å²) in [6.45, 7) is 6.12. The van der Waals surface area contributed by atoms with Crippen molar-refractivity contribution in [3.8, 4) is 0 Å². The van der Waals surface area contributed by atoms with Gasteiger partial charge in [-0.05, 0) is 54.4 Å². The van der Waals surface area contributed by atoms with Gasteiger partial charge < -0.3 is 4.90 Å². The normalized spacial score (nSPS) is 27.4. The summed E-state index contributed by atoms with van der Waals surface area (Å²) in [5.41, 5.74) is 3.00. The minimum Gasteiger partial charge on any atom is -0.312 e. The molecule has 1 aromatic rings. The lowest BCUT2D eigenvalue weighted by atomic mass is 9.94. The number of nitrogens with zero attached hydrogens (tertiary/aromatic N) is 2. The molecule has 1 aromatic carbocycles. The molecule has 3 heterocycles. The van der Waals surface area contributed by atoms with Gasteiger partial charge in [-0.1, -0.05) is 13.8 Å². The van der Waals surface area contributed by atoms with Crippen molar-refractivity contribution in [3.63, 3.8) is 0 Å². The topological polar surface area (TPSA) is 57.7 Å². The van der Waals surface area contributed by atoms with Crippen molar-refractivity contribution in [2.45, 2.75) is 44.4 Å². The standard InChI is InChI=1S/C18H24N2O3S/c1-12-7-13(2)11-19(10-12)24(22,23)16-8-14-3-4-17(21)20-6-5-15(9-16)18(14)20/h8-9,12-13H,3-7,10-11H2,1-2H3/t12-,13+. The SMILES string of the molecule is C[C@@H]1C[C@H](C)CN(S(=O)(=O)c2cc3c4c(c2)CCN4C(=O)CC3)C1. The number of aryl methyl sites for hydroxylation is 1. The second-order valence-electron chi connectivity index (χ2n) is 7.65. The number of carbonyl (C=O) groups is 1. The molecule has 3 aliphatic heterocycles. The average molecular weight is 348 g/mol. The highest BCUT2D eigenvalue weighted by Gasteiger charge is 2.36. The summed E-state index contributed by atoms with van der Waals surface area (Å²) in [7, 11) is -3.46. The summed E-state index contributed by atoms with van der Waals surface area (Å²) in [6.07, 6.45) is 2.96. The summed E-state index contributed by atoms with van der Waals surface area (Å²) in [4.78, 5) is 14.3. The van der Waals surface area contributed by atoms with Crippen molar-refractivity contribution >= 4 is 21.6 Å². The Morgan fingerprint density at radius 2 is 1.62 bits per heavy atom. The predicted molar refractivity (Wildman–Crippen MR) is 92.5 cm³/mol. The third-order valence-corrected chi connectivity index (χ3v) is 7.31. The first-order valence-corrected chi connectivity index (χ1v) is 10.3. The molecule has 0 unspecified atom stereocenters. The zero-order chi connectivity index (χ0) is 17.1. The molecule has 0 aliphatic carbocycles. The number of anilines is 1. The van der Waals surface area contributed by atoms with Crippen LogP contribution >= 0.6 is 0 Å². The Morgan fingerprint density at radius 3 is 2.29 bits per heavy atom. The number of sulfonamides is 1. The Kier molecular flexibility index (Phi) is 3.73. The number of amides is 1. The molecule has 0 N–H and O–H groups in total. The largest absolute Gasteiger partial charge is 0.312 e. The predicted octanol–water partition coefficient (Wildman–Crippen LogP) is 2.19. The first kappa shape index (κ1) is 16.1. The molecule has 24 heavy (non-hydrogen) atoms. The number of piperidine rings is 1. The minimum absolute atomic E-state index is 0.163. The van der Waals surface area contributed by atoms with Gasteiger partial charge in [0.25, 0.3) is 0 Å². The van der Waals surface area contributed by atoms with E-state index >= 15 is 0 Å². The monoisotopic (exact) mass is 348 g/mol. The molecular formula is C18H24N2O3S. The maximum absolute atomic E-state index is 13.2. The van der Waals surface area contributed by atoms with E-state index in [4.69, 9.17) is 0 Å². The van der Waals surface area contributed by atoms with Crippen molar-refractivity contribution in [3.05, 3.63) is 23.3 Å². The van der Waals surface area contributed by atoms with Crippen molar-refractivity contribution < 1.29 is 13.2 Å². The molecule has 1 fully saturated rings. The number of carbonyl (C=O) groups excluding carboxylic acids is 1. The maximum atomic E-state index is 13.2. The van der Waals surface area contributed by atoms with Crippen LogP contribution in [-0.2, 0) is 27.7 Å². The van der Waals surface area contributed by atoms with Crippen LogP contribution in [0.15, 0.2) is 17.0 Å². The van der Waals surface area contributed by atoms with Crippen LogP contribution in [0.1, 0.15) is 37.8 Å². The molecule has 2 atom stereocenters. The smallest absolute Gasteiger partial charge is 0.243 e. The quantitative estimate of drug-likeness (QED) is 0.823. The van der Waals surface area contributed by atoms with E-state index < -0.39 is 10.0 Å². The van der Waals surface area contributed by atoms with Gasteiger partial charge in [-0.25, -0.2) is 8.42 Å². The molecule has 0 bridgehead atoms. The molecule has 4 rings (SSSR count). The summed E-state index contributed by atoms with van der Waals surface area (Å²) >= 11 is 0. The van der Waals surface area contributed by atoms with Gasteiger partial charge in [0.2, 0.25) is 15.9 Å². The molecule has 1 saturated heterocycles. The van der Waals surface area contributed by atoms with Gasteiger partial charge in [0.1, 0.15) is 0 Å². The Hall–Kier alpha value is -1.40. The van der Waals surface area contributed by atoms with Crippen molar-refractivity contribution in [1.82, 2.24) is 4.31 Å². The Labute approximate surface area is 143 Å². The van der Waals surface area contributed by atoms with E-state index in [1.165, 1.54) is 0 Å². The number of hydrogen-bond acceptors (Lipinski definition) is 3. The van der Waals surface area contributed by atoms with E-state index in [1.807, 2.05) is 11.0 Å².